The van der Waals surface area contributed by atoms with Crippen LogP contribution in [0.2, 0.25) is 13.1 Å². The Morgan fingerprint density at radius 2 is 0.889 bits per heavy atom. The molecule has 2 saturated carbocycles. The topological polar surface area (TPSA) is 0 Å². The van der Waals surface area contributed by atoms with Crippen LogP contribution in [0.3, 0.4) is 0 Å². The second kappa shape index (κ2) is 21.9. The van der Waals surface area contributed by atoms with E-state index in [2.05, 4.69) is 148 Å². The van der Waals surface area contributed by atoms with Crippen molar-refractivity contribution in [3.05, 3.63) is 132 Å². The van der Waals surface area contributed by atoms with Crippen molar-refractivity contribution in [3.63, 3.8) is 0 Å². The number of hydrogen-bond acceptors (Lipinski definition) is 0. The zero-order chi connectivity index (χ0) is 38.2. The van der Waals surface area contributed by atoms with Crippen molar-refractivity contribution < 1.29 is 20.8 Å². The quantitative estimate of drug-likeness (QED) is 0.106. The molecule has 54 heavy (non-hydrogen) atoms. The van der Waals surface area contributed by atoms with Crippen LogP contribution in [0.5, 0.6) is 0 Å². The maximum atomic E-state index is 4.93. The third-order valence-corrected chi connectivity index (χ3v) is 12.3. The second-order valence-electron chi connectivity index (χ2n) is 15.8. The van der Waals surface area contributed by atoms with Gasteiger partial charge in [0.2, 0.25) is 0 Å². The zero-order valence-corrected chi connectivity index (χ0v) is 38.2. The van der Waals surface area contributed by atoms with Crippen LogP contribution in [0, 0.1) is 10.8 Å². The molecule has 2 aliphatic rings. The molecule has 8 rings (SSSR count). The number of fused-ring (bicyclic) bond motifs is 2. The molecule has 0 heterocycles. The molecule has 0 bridgehead atoms. The number of benzene rings is 4. The average Bonchev–Trinajstić information content (AvgIpc) is 3.83. The Hall–Kier alpha value is -2.22. The molecular formula is C50H60Cl2SiZr. The third-order valence-electron chi connectivity index (χ3n) is 12.3. The Balaban J connectivity index is 0.000000182. The molecular weight excluding hydrogens is 791 g/mol. The van der Waals surface area contributed by atoms with E-state index in [1.165, 1.54) is 145 Å². The number of rotatable bonds is 8. The van der Waals surface area contributed by atoms with E-state index < -0.39 is 20.8 Å². The molecule has 2 aliphatic carbocycles. The molecule has 0 nitrogen and oxygen atoms in total. The summed E-state index contributed by atoms with van der Waals surface area (Å²) in [4.78, 5) is 0. The zero-order valence-electron chi connectivity index (χ0n) is 33.2. The van der Waals surface area contributed by atoms with Crippen molar-refractivity contribution in [2.24, 2.45) is 10.8 Å². The summed E-state index contributed by atoms with van der Waals surface area (Å²) in [6, 6.07) is 44.8. The van der Waals surface area contributed by atoms with Crippen molar-refractivity contribution in [3.8, 4) is 22.3 Å². The van der Waals surface area contributed by atoms with Crippen molar-refractivity contribution >= 4 is 48.1 Å². The molecule has 0 amide bonds. The van der Waals surface area contributed by atoms with Crippen molar-refractivity contribution in [1.29, 1.82) is 0 Å². The third kappa shape index (κ3) is 11.4. The van der Waals surface area contributed by atoms with E-state index in [9.17, 15) is 0 Å². The van der Waals surface area contributed by atoms with E-state index in [4.69, 9.17) is 17.0 Å². The van der Waals surface area contributed by atoms with Crippen LogP contribution in [-0.4, -0.2) is 9.52 Å². The van der Waals surface area contributed by atoms with Gasteiger partial charge in [-0.2, -0.15) is 12.1 Å². The predicted octanol–water partition coefficient (Wildman–Crippen LogP) is 16.4. The van der Waals surface area contributed by atoms with E-state index in [-0.39, 0.29) is 0 Å². The SMILES string of the molecule is CCC1(Cc2cc3c(-c4ccccc4)cccc3[cH-]2)CCCCC1.CCC1(Cc2cc3c(-c4ccccc4)cccc3[cH-]2)CCCCC1.C[Si]C.[Cl][Zr+2][Cl]. The minimum absolute atomic E-state index is 0.551. The molecule has 282 valence electrons. The van der Waals surface area contributed by atoms with Crippen LogP contribution >= 0.6 is 17.0 Å². The Morgan fingerprint density at radius 1 is 0.537 bits per heavy atom. The summed E-state index contributed by atoms with van der Waals surface area (Å²) in [5, 5.41) is 5.63. The molecule has 2 fully saturated rings. The fraction of sp³-hybridized carbons (Fsp3) is 0.400. The van der Waals surface area contributed by atoms with Gasteiger partial charge in [-0.1, -0.05) is 162 Å². The first-order valence-electron chi connectivity index (χ1n) is 20.4. The fourth-order valence-corrected chi connectivity index (χ4v) is 9.32. The summed E-state index contributed by atoms with van der Waals surface area (Å²) in [6.45, 7) is 9.09. The molecule has 0 saturated heterocycles. The van der Waals surface area contributed by atoms with Gasteiger partial charge in [0.25, 0.3) is 0 Å². The van der Waals surface area contributed by atoms with Crippen LogP contribution in [0.4, 0.5) is 0 Å². The minimum atomic E-state index is -0.826. The summed E-state index contributed by atoms with van der Waals surface area (Å²) in [6.07, 6.45) is 19.4. The second-order valence-corrected chi connectivity index (χ2v) is 20.6. The average molecular weight is 851 g/mol. The summed E-state index contributed by atoms with van der Waals surface area (Å²) < 4.78 is 0. The Labute approximate surface area is 348 Å². The van der Waals surface area contributed by atoms with E-state index in [1.54, 1.807) is 0 Å². The van der Waals surface area contributed by atoms with Crippen LogP contribution < -0.4 is 0 Å². The Morgan fingerprint density at radius 3 is 1.22 bits per heavy atom. The molecule has 0 N–H and O–H groups in total. The van der Waals surface area contributed by atoms with Gasteiger partial charge in [0, 0.05) is 9.52 Å². The van der Waals surface area contributed by atoms with Crippen LogP contribution in [0.15, 0.2) is 121 Å². The van der Waals surface area contributed by atoms with E-state index >= 15 is 0 Å². The molecule has 6 aromatic rings. The summed E-state index contributed by atoms with van der Waals surface area (Å²) in [5.41, 5.74) is 9.56. The standard InChI is InChI=1S/2C24H27.C2H6Si.2ClH.Zr/c2*1-2-24(14-7-4-8-15-24)18-19-16-21-12-9-13-22(23(21)17-19)20-10-5-3-6-11-20;1-3-2;;;/h2*3,5-6,9-13,16-17H,2,4,7-8,14-15,18H2,1H3;1-2H3;2*1H;/q2*-1;;;;+4/p-2. The maximum absolute atomic E-state index is 4.93. The molecule has 0 aliphatic heterocycles. The fourth-order valence-electron chi connectivity index (χ4n) is 9.32. The van der Waals surface area contributed by atoms with Gasteiger partial charge >= 0.3 is 37.9 Å². The van der Waals surface area contributed by atoms with E-state index in [0.717, 1.165) is 9.52 Å². The summed E-state index contributed by atoms with van der Waals surface area (Å²) in [5.74, 6) is 0. The van der Waals surface area contributed by atoms with Crippen molar-refractivity contribution in [2.45, 2.75) is 117 Å². The summed E-state index contributed by atoms with van der Waals surface area (Å²) in [7, 11) is 11.0. The molecule has 0 atom stereocenters. The van der Waals surface area contributed by atoms with Crippen LogP contribution in [0.1, 0.15) is 102 Å². The Kier molecular flexibility index (Phi) is 17.4. The first kappa shape index (κ1) is 42.9. The Bertz CT molecular complexity index is 1800. The van der Waals surface area contributed by atoms with Gasteiger partial charge < -0.3 is 0 Å². The molecule has 0 spiro atoms. The summed E-state index contributed by atoms with van der Waals surface area (Å²) >= 11 is -0.826. The number of halogens is 2. The van der Waals surface area contributed by atoms with Gasteiger partial charge in [-0.05, 0) is 60.5 Å². The van der Waals surface area contributed by atoms with Gasteiger partial charge in [0.15, 0.2) is 0 Å². The predicted molar refractivity (Wildman–Crippen MR) is 238 cm³/mol. The van der Waals surface area contributed by atoms with Gasteiger partial charge in [-0.15, -0.1) is 69.1 Å². The number of hydrogen-bond donors (Lipinski definition) is 0. The van der Waals surface area contributed by atoms with E-state index in [1.807, 2.05) is 0 Å². The van der Waals surface area contributed by atoms with Gasteiger partial charge in [0.1, 0.15) is 0 Å². The van der Waals surface area contributed by atoms with Crippen LogP contribution in [-0.2, 0) is 33.7 Å². The molecule has 0 unspecified atom stereocenters. The molecule has 6 aromatic carbocycles. The van der Waals surface area contributed by atoms with Gasteiger partial charge in [-0.3, -0.25) is 0 Å². The molecule has 0 aromatic heterocycles. The van der Waals surface area contributed by atoms with Crippen LogP contribution in [0.25, 0.3) is 43.8 Å². The monoisotopic (exact) mass is 848 g/mol. The van der Waals surface area contributed by atoms with Crippen molar-refractivity contribution in [1.82, 2.24) is 0 Å². The normalized spacial score (nSPS) is 15.8. The van der Waals surface area contributed by atoms with Gasteiger partial charge in [-0.25, -0.2) is 0 Å². The molecule has 4 heteroatoms. The first-order valence-corrected chi connectivity index (χ1v) is 28.8. The van der Waals surface area contributed by atoms with Crippen molar-refractivity contribution in [2.75, 3.05) is 0 Å². The van der Waals surface area contributed by atoms with Gasteiger partial charge in [0.05, 0.1) is 0 Å². The van der Waals surface area contributed by atoms with E-state index in [0.29, 0.717) is 10.8 Å². The first-order chi connectivity index (χ1) is 26.4. The molecule has 2 radical (unpaired) electrons.